The Morgan fingerprint density at radius 1 is 1.16 bits per heavy atom. The third-order valence-electron chi connectivity index (χ3n) is 6.65. The van der Waals surface area contributed by atoms with E-state index in [4.69, 9.17) is 14.2 Å². The van der Waals surface area contributed by atoms with E-state index >= 15 is 0 Å². The predicted molar refractivity (Wildman–Crippen MR) is 119 cm³/mol. The van der Waals surface area contributed by atoms with Gasteiger partial charge in [0.05, 0.1) is 38.7 Å². The summed E-state index contributed by atoms with van der Waals surface area (Å²) >= 11 is 0. The second kappa shape index (κ2) is 7.98. The molecule has 3 heterocycles. The molecule has 0 unspecified atom stereocenters. The van der Waals surface area contributed by atoms with Gasteiger partial charge in [-0.2, -0.15) is 0 Å². The van der Waals surface area contributed by atoms with Crippen LogP contribution < -0.4 is 14.8 Å². The number of amides is 2. The Bertz CT molecular complexity index is 1070. The van der Waals surface area contributed by atoms with Crippen molar-refractivity contribution in [2.75, 3.05) is 32.6 Å². The minimum absolute atomic E-state index is 0.0137. The maximum atomic E-state index is 13.3. The normalized spacial score (nSPS) is 27.5. The predicted octanol–water partition coefficient (Wildman–Crippen LogP) is 2.67. The highest BCUT2D eigenvalue weighted by molar-refractivity contribution is 5.99. The minimum Gasteiger partial charge on any atom is -0.493 e. The lowest BCUT2D eigenvalue weighted by molar-refractivity contribution is -0.135. The number of nitrogens with zero attached hydrogens (tertiary/aromatic N) is 1. The molecule has 1 N–H and O–H groups in total. The monoisotopic (exact) mass is 434 g/mol. The molecule has 4 atom stereocenters. The molecule has 2 aromatic carbocycles. The van der Waals surface area contributed by atoms with Gasteiger partial charge in [-0.15, -0.1) is 0 Å². The highest BCUT2D eigenvalue weighted by atomic mass is 16.5. The average Bonchev–Trinajstić information content (AvgIpc) is 3.46. The summed E-state index contributed by atoms with van der Waals surface area (Å²) in [6.07, 6.45) is 4.28. The minimum atomic E-state index is -0.710. The number of fused-ring (bicyclic) bond motifs is 1. The third-order valence-corrected chi connectivity index (χ3v) is 6.65. The number of likely N-dealkylation sites (tertiary alicyclic amines) is 1. The van der Waals surface area contributed by atoms with Crippen LogP contribution in [0.1, 0.15) is 5.56 Å². The van der Waals surface area contributed by atoms with Crippen molar-refractivity contribution in [2.45, 2.75) is 18.1 Å². The SMILES string of the molecule is COc1ccc(NC(=O)[C@@H]2[C@H]3C(=O)N(CCc4ccccc4)C[C@]34C=C[C@H]2O4)cc1OC. The number of anilines is 1. The van der Waals surface area contributed by atoms with Crippen molar-refractivity contribution >= 4 is 17.5 Å². The molecule has 3 aliphatic heterocycles. The number of nitrogens with one attached hydrogen (secondary N) is 1. The molecule has 0 aromatic heterocycles. The van der Waals surface area contributed by atoms with Crippen molar-refractivity contribution in [2.24, 2.45) is 11.8 Å². The third kappa shape index (κ3) is 3.33. The fourth-order valence-corrected chi connectivity index (χ4v) is 5.12. The molecule has 7 heteroatoms. The number of carbonyl (C=O) groups excluding carboxylic acids is 2. The molecule has 2 bridgehead atoms. The van der Waals surface area contributed by atoms with Crippen molar-refractivity contribution in [3.63, 3.8) is 0 Å². The number of methoxy groups -OCH3 is 2. The van der Waals surface area contributed by atoms with Gasteiger partial charge in [-0.1, -0.05) is 42.5 Å². The molecular formula is C25H26N2O5. The van der Waals surface area contributed by atoms with E-state index in [2.05, 4.69) is 17.4 Å². The van der Waals surface area contributed by atoms with E-state index in [1.54, 1.807) is 32.4 Å². The van der Waals surface area contributed by atoms with Crippen LogP contribution in [0, 0.1) is 11.8 Å². The number of hydrogen-bond acceptors (Lipinski definition) is 5. The maximum absolute atomic E-state index is 13.3. The quantitative estimate of drug-likeness (QED) is 0.678. The second-order valence-electron chi connectivity index (χ2n) is 8.45. The zero-order valence-corrected chi connectivity index (χ0v) is 18.1. The van der Waals surface area contributed by atoms with Gasteiger partial charge in [0, 0.05) is 18.3 Å². The van der Waals surface area contributed by atoms with Crippen molar-refractivity contribution < 1.29 is 23.8 Å². The fourth-order valence-electron chi connectivity index (χ4n) is 5.12. The largest absolute Gasteiger partial charge is 0.493 e. The van der Waals surface area contributed by atoms with Crippen LogP contribution in [0.2, 0.25) is 0 Å². The summed E-state index contributed by atoms with van der Waals surface area (Å²) in [6, 6.07) is 15.3. The smallest absolute Gasteiger partial charge is 0.231 e. The molecule has 0 radical (unpaired) electrons. The standard InChI is InChI=1S/C25H26N2O5/c1-30-18-9-8-17(14-20(18)31-2)26-23(28)21-19-10-12-25(32-19)15-27(24(29)22(21)25)13-11-16-6-4-3-5-7-16/h3-10,12,14,19,21-22H,11,13,15H2,1-2H3,(H,26,28)/t19-,21+,22+,25-/m1/s1. The maximum Gasteiger partial charge on any atom is 0.231 e. The van der Waals surface area contributed by atoms with Crippen molar-refractivity contribution in [1.82, 2.24) is 4.90 Å². The van der Waals surface area contributed by atoms with Crippen molar-refractivity contribution in [3.8, 4) is 11.5 Å². The van der Waals surface area contributed by atoms with E-state index in [9.17, 15) is 9.59 Å². The van der Waals surface area contributed by atoms with Gasteiger partial charge in [0.15, 0.2) is 11.5 Å². The summed E-state index contributed by atoms with van der Waals surface area (Å²) in [7, 11) is 3.10. The number of hydrogen-bond donors (Lipinski definition) is 1. The molecule has 166 valence electrons. The van der Waals surface area contributed by atoms with Crippen LogP contribution in [0.15, 0.2) is 60.7 Å². The lowest BCUT2D eigenvalue weighted by Crippen LogP contribution is -2.41. The van der Waals surface area contributed by atoms with Gasteiger partial charge >= 0.3 is 0 Å². The van der Waals surface area contributed by atoms with Gasteiger partial charge in [-0.05, 0) is 24.1 Å². The number of rotatable bonds is 7. The van der Waals surface area contributed by atoms with Gasteiger partial charge in [0.1, 0.15) is 5.60 Å². The second-order valence-corrected chi connectivity index (χ2v) is 8.45. The van der Waals surface area contributed by atoms with Crippen LogP contribution in [0.3, 0.4) is 0 Å². The summed E-state index contributed by atoms with van der Waals surface area (Å²) in [4.78, 5) is 28.4. The van der Waals surface area contributed by atoms with Crippen LogP contribution in [0.25, 0.3) is 0 Å². The average molecular weight is 434 g/mol. The van der Waals surface area contributed by atoms with Crippen LogP contribution in [0.5, 0.6) is 11.5 Å². The van der Waals surface area contributed by atoms with Crippen LogP contribution in [-0.2, 0) is 20.7 Å². The van der Waals surface area contributed by atoms with Crippen molar-refractivity contribution in [1.29, 1.82) is 0 Å². The molecule has 2 saturated heterocycles. The van der Waals surface area contributed by atoms with Gasteiger partial charge in [0.25, 0.3) is 0 Å². The topological polar surface area (TPSA) is 77.1 Å². The Balaban J connectivity index is 1.32. The number of benzene rings is 2. The highest BCUT2D eigenvalue weighted by Gasteiger charge is 2.66. The zero-order chi connectivity index (χ0) is 22.3. The Labute approximate surface area is 186 Å². The molecule has 3 aliphatic rings. The lowest BCUT2D eigenvalue weighted by Gasteiger charge is -2.23. The summed E-state index contributed by atoms with van der Waals surface area (Å²) in [6.45, 7) is 1.09. The molecule has 0 saturated carbocycles. The van der Waals surface area contributed by atoms with E-state index in [-0.39, 0.29) is 17.9 Å². The molecule has 1 spiro atoms. The van der Waals surface area contributed by atoms with Gasteiger partial charge in [0.2, 0.25) is 11.8 Å². The lowest BCUT2D eigenvalue weighted by atomic mass is 9.77. The van der Waals surface area contributed by atoms with Crippen LogP contribution >= 0.6 is 0 Å². The van der Waals surface area contributed by atoms with E-state index in [1.165, 1.54) is 5.56 Å². The first-order valence-electron chi connectivity index (χ1n) is 10.8. The molecular weight excluding hydrogens is 408 g/mol. The fraction of sp³-hybridized carbons (Fsp3) is 0.360. The number of carbonyl (C=O) groups is 2. The van der Waals surface area contributed by atoms with E-state index in [1.807, 2.05) is 35.3 Å². The van der Waals surface area contributed by atoms with Crippen LogP contribution in [0.4, 0.5) is 5.69 Å². The molecule has 0 aliphatic carbocycles. The number of ether oxygens (including phenoxy) is 3. The summed E-state index contributed by atoms with van der Waals surface area (Å²) in [5.41, 5.74) is 1.05. The first-order chi connectivity index (χ1) is 15.5. The Morgan fingerprint density at radius 2 is 1.94 bits per heavy atom. The molecule has 2 aromatic rings. The molecule has 5 rings (SSSR count). The Morgan fingerprint density at radius 3 is 2.69 bits per heavy atom. The summed E-state index contributed by atoms with van der Waals surface area (Å²) in [5, 5.41) is 2.94. The van der Waals surface area contributed by atoms with E-state index in [0.717, 1.165) is 6.42 Å². The first kappa shape index (κ1) is 20.6. The Hall–Kier alpha value is -3.32. The molecule has 2 fully saturated rings. The van der Waals surface area contributed by atoms with Gasteiger partial charge < -0.3 is 24.4 Å². The first-order valence-corrected chi connectivity index (χ1v) is 10.8. The molecule has 2 amide bonds. The molecule has 7 nitrogen and oxygen atoms in total. The van der Waals surface area contributed by atoms with Gasteiger partial charge in [-0.3, -0.25) is 9.59 Å². The summed E-state index contributed by atoms with van der Waals surface area (Å²) < 4.78 is 16.8. The van der Waals surface area contributed by atoms with E-state index in [0.29, 0.717) is 30.3 Å². The van der Waals surface area contributed by atoms with Crippen molar-refractivity contribution in [3.05, 3.63) is 66.2 Å². The van der Waals surface area contributed by atoms with Crippen LogP contribution in [-0.4, -0.2) is 55.7 Å². The van der Waals surface area contributed by atoms with E-state index < -0.39 is 17.4 Å². The summed E-state index contributed by atoms with van der Waals surface area (Å²) in [5.74, 6) is -0.210. The highest BCUT2D eigenvalue weighted by Crippen LogP contribution is 2.52. The zero-order valence-electron chi connectivity index (χ0n) is 18.1. The molecule has 32 heavy (non-hydrogen) atoms. The Kier molecular flexibility index (Phi) is 5.13. The van der Waals surface area contributed by atoms with Gasteiger partial charge in [-0.25, -0.2) is 0 Å².